The van der Waals surface area contributed by atoms with Crippen LogP contribution in [-0.2, 0) is 16.0 Å². The molecule has 1 saturated heterocycles. The van der Waals surface area contributed by atoms with Crippen molar-refractivity contribution in [1.82, 2.24) is 15.6 Å². The van der Waals surface area contributed by atoms with Gasteiger partial charge in [-0.25, -0.2) is 4.63 Å². The second-order valence-electron chi connectivity index (χ2n) is 4.75. The SMILES string of the molecule is O=C(Cc1ccc2nonc2c1)NC1CCCOC1. The van der Waals surface area contributed by atoms with Gasteiger partial charge < -0.3 is 10.1 Å². The number of amides is 1. The standard InChI is InChI=1S/C13H15N3O3/c17-13(14-10-2-1-5-18-8-10)7-9-3-4-11-12(6-9)16-19-15-11/h3-4,6,10H,1-2,5,7-8H2,(H,14,17). The van der Waals surface area contributed by atoms with Gasteiger partial charge >= 0.3 is 0 Å². The molecule has 19 heavy (non-hydrogen) atoms. The van der Waals surface area contributed by atoms with Gasteiger partial charge in [-0.1, -0.05) is 6.07 Å². The Morgan fingerprint density at radius 2 is 2.26 bits per heavy atom. The van der Waals surface area contributed by atoms with Crippen molar-refractivity contribution >= 4 is 16.9 Å². The van der Waals surface area contributed by atoms with E-state index in [-0.39, 0.29) is 11.9 Å². The molecule has 1 fully saturated rings. The van der Waals surface area contributed by atoms with E-state index in [0.717, 1.165) is 25.0 Å². The highest BCUT2D eigenvalue weighted by molar-refractivity contribution is 5.81. The van der Waals surface area contributed by atoms with E-state index in [0.29, 0.717) is 24.1 Å². The van der Waals surface area contributed by atoms with Gasteiger partial charge in [0.1, 0.15) is 11.0 Å². The quantitative estimate of drug-likeness (QED) is 0.894. The van der Waals surface area contributed by atoms with Gasteiger partial charge in [0, 0.05) is 6.61 Å². The Balaban J connectivity index is 1.61. The van der Waals surface area contributed by atoms with Crippen molar-refractivity contribution in [3.8, 4) is 0 Å². The van der Waals surface area contributed by atoms with Gasteiger partial charge in [0.25, 0.3) is 0 Å². The molecule has 2 aromatic rings. The zero-order valence-corrected chi connectivity index (χ0v) is 10.5. The first-order chi connectivity index (χ1) is 9.31. The smallest absolute Gasteiger partial charge is 0.224 e. The number of hydrogen-bond donors (Lipinski definition) is 1. The number of hydrogen-bond acceptors (Lipinski definition) is 5. The summed E-state index contributed by atoms with van der Waals surface area (Å²) >= 11 is 0. The summed E-state index contributed by atoms with van der Waals surface area (Å²) in [5.41, 5.74) is 2.27. The molecular formula is C13H15N3O3. The molecule has 0 saturated carbocycles. The third kappa shape index (κ3) is 2.90. The fraction of sp³-hybridized carbons (Fsp3) is 0.462. The van der Waals surface area contributed by atoms with E-state index in [2.05, 4.69) is 20.3 Å². The van der Waals surface area contributed by atoms with Gasteiger partial charge in [0.05, 0.1) is 19.1 Å². The zero-order chi connectivity index (χ0) is 13.1. The Kier molecular flexibility index (Phi) is 3.41. The predicted octanol–water partition coefficient (Wildman–Crippen LogP) is 1.06. The summed E-state index contributed by atoms with van der Waals surface area (Å²) in [4.78, 5) is 11.9. The number of benzene rings is 1. The summed E-state index contributed by atoms with van der Waals surface area (Å²) in [5, 5.41) is 10.5. The molecule has 0 radical (unpaired) electrons. The van der Waals surface area contributed by atoms with E-state index in [9.17, 15) is 4.79 Å². The molecule has 0 aliphatic carbocycles. The van der Waals surface area contributed by atoms with Gasteiger partial charge in [-0.3, -0.25) is 4.79 Å². The zero-order valence-electron chi connectivity index (χ0n) is 10.5. The minimum atomic E-state index is 0.00584. The van der Waals surface area contributed by atoms with Crippen molar-refractivity contribution in [2.24, 2.45) is 0 Å². The van der Waals surface area contributed by atoms with E-state index in [1.54, 1.807) is 6.07 Å². The molecule has 1 atom stereocenters. The highest BCUT2D eigenvalue weighted by atomic mass is 16.6. The lowest BCUT2D eigenvalue weighted by Crippen LogP contribution is -2.41. The molecule has 1 aromatic carbocycles. The highest BCUT2D eigenvalue weighted by Crippen LogP contribution is 2.12. The second-order valence-corrected chi connectivity index (χ2v) is 4.75. The van der Waals surface area contributed by atoms with Gasteiger partial charge in [0.2, 0.25) is 5.91 Å². The number of aromatic nitrogens is 2. The summed E-state index contributed by atoms with van der Waals surface area (Å²) < 4.78 is 9.96. The molecule has 1 unspecified atom stereocenters. The second kappa shape index (κ2) is 5.36. The van der Waals surface area contributed by atoms with Crippen LogP contribution in [0.25, 0.3) is 11.0 Å². The fourth-order valence-electron chi connectivity index (χ4n) is 2.26. The molecule has 2 heterocycles. The molecule has 0 bridgehead atoms. The molecule has 6 heteroatoms. The number of ether oxygens (including phenoxy) is 1. The molecule has 6 nitrogen and oxygen atoms in total. The topological polar surface area (TPSA) is 77.2 Å². The summed E-state index contributed by atoms with van der Waals surface area (Å²) in [7, 11) is 0. The van der Waals surface area contributed by atoms with Crippen molar-refractivity contribution < 1.29 is 14.2 Å². The van der Waals surface area contributed by atoms with Crippen molar-refractivity contribution in [1.29, 1.82) is 0 Å². The van der Waals surface area contributed by atoms with E-state index in [1.165, 1.54) is 0 Å². The van der Waals surface area contributed by atoms with E-state index in [1.807, 2.05) is 12.1 Å². The molecule has 1 N–H and O–H groups in total. The first-order valence-corrected chi connectivity index (χ1v) is 6.39. The number of nitrogens with one attached hydrogen (secondary N) is 1. The first kappa shape index (κ1) is 12.1. The third-order valence-electron chi connectivity index (χ3n) is 3.21. The number of rotatable bonds is 3. The normalized spacial score (nSPS) is 19.5. The van der Waals surface area contributed by atoms with Crippen molar-refractivity contribution in [2.45, 2.75) is 25.3 Å². The van der Waals surface area contributed by atoms with Crippen LogP contribution in [0.4, 0.5) is 0 Å². The van der Waals surface area contributed by atoms with Crippen LogP contribution in [0.15, 0.2) is 22.8 Å². The average Bonchev–Trinajstić information content (AvgIpc) is 2.87. The Hall–Kier alpha value is -1.95. The van der Waals surface area contributed by atoms with Crippen LogP contribution in [0.5, 0.6) is 0 Å². The predicted molar refractivity (Wildman–Crippen MR) is 67.5 cm³/mol. The molecular weight excluding hydrogens is 246 g/mol. The summed E-state index contributed by atoms with van der Waals surface area (Å²) in [6, 6.07) is 5.63. The van der Waals surface area contributed by atoms with Crippen LogP contribution in [0.1, 0.15) is 18.4 Å². The lowest BCUT2D eigenvalue weighted by molar-refractivity contribution is -0.122. The van der Waals surface area contributed by atoms with Crippen LogP contribution in [-0.4, -0.2) is 35.5 Å². The maximum atomic E-state index is 11.9. The number of carbonyl (C=O) groups excluding carboxylic acids is 1. The average molecular weight is 261 g/mol. The fourth-order valence-corrected chi connectivity index (χ4v) is 2.26. The lowest BCUT2D eigenvalue weighted by Gasteiger charge is -2.23. The van der Waals surface area contributed by atoms with E-state index >= 15 is 0 Å². The molecule has 0 spiro atoms. The van der Waals surface area contributed by atoms with Crippen molar-refractivity contribution in [3.05, 3.63) is 23.8 Å². The Morgan fingerprint density at radius 3 is 3.11 bits per heavy atom. The summed E-state index contributed by atoms with van der Waals surface area (Å²) in [6.07, 6.45) is 2.32. The van der Waals surface area contributed by atoms with E-state index < -0.39 is 0 Å². The van der Waals surface area contributed by atoms with Crippen molar-refractivity contribution in [3.63, 3.8) is 0 Å². The Morgan fingerprint density at radius 1 is 1.37 bits per heavy atom. The maximum absolute atomic E-state index is 11.9. The van der Waals surface area contributed by atoms with Gasteiger partial charge in [0.15, 0.2) is 0 Å². The van der Waals surface area contributed by atoms with E-state index in [4.69, 9.17) is 4.74 Å². The maximum Gasteiger partial charge on any atom is 0.224 e. The van der Waals surface area contributed by atoms with Gasteiger partial charge in [-0.2, -0.15) is 0 Å². The summed E-state index contributed by atoms with van der Waals surface area (Å²) in [6.45, 7) is 1.40. The number of nitrogens with zero attached hydrogens (tertiary/aromatic N) is 2. The Bertz CT molecular complexity index is 575. The molecule has 1 amide bonds. The molecule has 1 aliphatic rings. The largest absolute Gasteiger partial charge is 0.379 e. The van der Waals surface area contributed by atoms with Crippen LogP contribution >= 0.6 is 0 Å². The summed E-state index contributed by atoms with van der Waals surface area (Å²) in [5.74, 6) is 0.00584. The molecule has 1 aromatic heterocycles. The van der Waals surface area contributed by atoms with Crippen LogP contribution < -0.4 is 5.32 Å². The number of carbonyl (C=O) groups is 1. The molecule has 1 aliphatic heterocycles. The third-order valence-corrected chi connectivity index (χ3v) is 3.21. The minimum Gasteiger partial charge on any atom is -0.379 e. The van der Waals surface area contributed by atoms with Crippen LogP contribution in [0.2, 0.25) is 0 Å². The molecule has 3 rings (SSSR count). The number of fused-ring (bicyclic) bond motifs is 1. The monoisotopic (exact) mass is 261 g/mol. The van der Waals surface area contributed by atoms with Crippen LogP contribution in [0.3, 0.4) is 0 Å². The first-order valence-electron chi connectivity index (χ1n) is 6.39. The van der Waals surface area contributed by atoms with Gasteiger partial charge in [-0.15, -0.1) is 0 Å². The lowest BCUT2D eigenvalue weighted by atomic mass is 10.1. The Labute approximate surface area is 110 Å². The van der Waals surface area contributed by atoms with Gasteiger partial charge in [-0.05, 0) is 40.9 Å². The van der Waals surface area contributed by atoms with Crippen molar-refractivity contribution in [2.75, 3.05) is 13.2 Å². The van der Waals surface area contributed by atoms with Crippen LogP contribution in [0, 0.1) is 0 Å². The molecule has 100 valence electrons. The minimum absolute atomic E-state index is 0.00584. The highest BCUT2D eigenvalue weighted by Gasteiger charge is 2.16.